The number of piperazine rings is 1. The summed E-state index contributed by atoms with van der Waals surface area (Å²) in [6.45, 7) is 5.31. The van der Waals surface area contributed by atoms with Crippen molar-refractivity contribution in [3.05, 3.63) is 60.2 Å². The molecule has 1 aliphatic heterocycles. The molecule has 5 heteroatoms. The fraction of sp³-hybridized carbons (Fsp3) is 0.381. The monoisotopic (exact) mass is 353 g/mol. The van der Waals surface area contributed by atoms with Crippen molar-refractivity contribution in [1.29, 1.82) is 0 Å². The molecule has 138 valence electrons. The molecule has 1 fully saturated rings. The third-order valence-corrected chi connectivity index (χ3v) is 5.29. The van der Waals surface area contributed by atoms with Gasteiger partial charge in [0.05, 0.1) is 0 Å². The third kappa shape index (κ3) is 3.40. The van der Waals surface area contributed by atoms with E-state index < -0.39 is 5.54 Å². The number of carbonyl (C=O) groups excluding carboxylic acids is 1. The molecule has 2 aromatic carbocycles. The summed E-state index contributed by atoms with van der Waals surface area (Å²) in [5.41, 5.74) is 1.45. The van der Waals surface area contributed by atoms with E-state index in [0.717, 1.165) is 37.4 Å². The van der Waals surface area contributed by atoms with Gasteiger partial charge in [-0.2, -0.15) is 0 Å². The van der Waals surface area contributed by atoms with Gasteiger partial charge in [-0.15, -0.1) is 0 Å². The van der Waals surface area contributed by atoms with Crippen LogP contribution in [0.5, 0.6) is 5.75 Å². The Morgan fingerprint density at radius 2 is 1.54 bits per heavy atom. The van der Waals surface area contributed by atoms with Gasteiger partial charge in [0.15, 0.2) is 0 Å². The molecule has 0 aliphatic carbocycles. The second kappa shape index (κ2) is 7.38. The van der Waals surface area contributed by atoms with Crippen molar-refractivity contribution in [3.8, 4) is 5.75 Å². The largest absolute Gasteiger partial charge is 0.508 e. The van der Waals surface area contributed by atoms with Crippen LogP contribution in [0.1, 0.15) is 12.5 Å². The normalized spacial score (nSPS) is 17.6. The van der Waals surface area contributed by atoms with Gasteiger partial charge in [0, 0.05) is 46.0 Å². The lowest BCUT2D eigenvalue weighted by molar-refractivity contribution is -0.142. The summed E-state index contributed by atoms with van der Waals surface area (Å²) in [4.78, 5) is 19.3. The van der Waals surface area contributed by atoms with E-state index in [4.69, 9.17) is 0 Å². The molecular weight excluding hydrogens is 326 g/mol. The highest BCUT2D eigenvalue weighted by atomic mass is 16.3. The molecule has 0 spiro atoms. The number of likely N-dealkylation sites (N-methyl/N-ethyl adjacent to an activating group) is 1. The first-order valence-electron chi connectivity index (χ1n) is 8.99. The standard InChI is InChI=1S/C21H27N3O2/c1-21(20(26)22(2)3,17-7-5-4-6-8-17)24-15-13-23(14-16-24)18-9-11-19(25)12-10-18/h4-12,25H,13-16H2,1-3H3. The van der Waals surface area contributed by atoms with Gasteiger partial charge in [-0.05, 0) is 36.8 Å². The van der Waals surface area contributed by atoms with Crippen molar-refractivity contribution < 1.29 is 9.90 Å². The van der Waals surface area contributed by atoms with Gasteiger partial charge >= 0.3 is 0 Å². The number of phenolic OH excluding ortho intramolecular Hbond substituents is 1. The van der Waals surface area contributed by atoms with Gasteiger partial charge in [-0.3, -0.25) is 9.69 Å². The minimum atomic E-state index is -0.675. The third-order valence-electron chi connectivity index (χ3n) is 5.29. The molecular formula is C21H27N3O2. The number of hydrogen-bond donors (Lipinski definition) is 1. The Balaban J connectivity index is 1.81. The van der Waals surface area contributed by atoms with Crippen LogP contribution in [0.2, 0.25) is 0 Å². The average Bonchev–Trinajstić information content (AvgIpc) is 2.68. The molecule has 1 atom stereocenters. The fourth-order valence-electron chi connectivity index (χ4n) is 3.71. The van der Waals surface area contributed by atoms with E-state index in [2.05, 4.69) is 9.80 Å². The zero-order chi connectivity index (χ0) is 18.7. The number of rotatable bonds is 4. The zero-order valence-corrected chi connectivity index (χ0v) is 15.7. The van der Waals surface area contributed by atoms with Crippen LogP contribution in [-0.4, -0.2) is 61.1 Å². The number of carbonyl (C=O) groups is 1. The number of aromatic hydroxyl groups is 1. The van der Waals surface area contributed by atoms with E-state index in [0.29, 0.717) is 0 Å². The fourth-order valence-corrected chi connectivity index (χ4v) is 3.71. The summed E-state index contributed by atoms with van der Waals surface area (Å²) in [6, 6.07) is 17.3. The number of hydrogen-bond acceptors (Lipinski definition) is 4. The predicted octanol–water partition coefficient (Wildman–Crippen LogP) is 2.52. The molecule has 1 N–H and O–H groups in total. The van der Waals surface area contributed by atoms with Gasteiger partial charge in [0.1, 0.15) is 11.3 Å². The molecule has 1 unspecified atom stereocenters. The maximum absolute atomic E-state index is 13.1. The van der Waals surface area contributed by atoms with Crippen LogP contribution in [0.25, 0.3) is 0 Å². The first-order chi connectivity index (χ1) is 12.4. The van der Waals surface area contributed by atoms with Gasteiger partial charge in [-0.25, -0.2) is 0 Å². The lowest BCUT2D eigenvalue weighted by atomic mass is 9.87. The maximum Gasteiger partial charge on any atom is 0.246 e. The van der Waals surface area contributed by atoms with E-state index in [9.17, 15) is 9.90 Å². The van der Waals surface area contributed by atoms with Crippen LogP contribution < -0.4 is 4.90 Å². The van der Waals surface area contributed by atoms with E-state index in [-0.39, 0.29) is 11.7 Å². The zero-order valence-electron chi connectivity index (χ0n) is 15.7. The van der Waals surface area contributed by atoms with Crippen molar-refractivity contribution >= 4 is 11.6 Å². The number of phenols is 1. The minimum Gasteiger partial charge on any atom is -0.508 e. The summed E-state index contributed by atoms with van der Waals surface area (Å²) in [5.74, 6) is 0.377. The maximum atomic E-state index is 13.1. The molecule has 0 radical (unpaired) electrons. The SMILES string of the molecule is CN(C)C(=O)C(C)(c1ccccc1)N1CCN(c2ccc(O)cc2)CC1. The minimum absolute atomic E-state index is 0.0989. The Hall–Kier alpha value is -2.53. The van der Waals surface area contributed by atoms with Gasteiger partial charge in [0.25, 0.3) is 0 Å². The average molecular weight is 353 g/mol. The van der Waals surface area contributed by atoms with Crippen LogP contribution in [-0.2, 0) is 10.3 Å². The van der Waals surface area contributed by atoms with Crippen molar-refractivity contribution in [2.24, 2.45) is 0 Å². The molecule has 3 rings (SSSR count). The second-order valence-electron chi connectivity index (χ2n) is 7.13. The van der Waals surface area contributed by atoms with Crippen LogP contribution in [0.3, 0.4) is 0 Å². The van der Waals surface area contributed by atoms with Crippen molar-refractivity contribution in [2.75, 3.05) is 45.2 Å². The first kappa shape index (κ1) is 18.3. The topological polar surface area (TPSA) is 47.0 Å². The Kier molecular flexibility index (Phi) is 5.18. The lowest BCUT2D eigenvalue weighted by Crippen LogP contribution is -2.60. The van der Waals surface area contributed by atoms with Crippen molar-refractivity contribution in [2.45, 2.75) is 12.5 Å². The molecule has 1 saturated heterocycles. The van der Waals surface area contributed by atoms with Crippen LogP contribution in [0.4, 0.5) is 5.69 Å². The van der Waals surface area contributed by atoms with E-state index >= 15 is 0 Å². The summed E-state index contributed by atoms with van der Waals surface area (Å²) < 4.78 is 0. The molecule has 1 aliphatic rings. The molecule has 2 aromatic rings. The summed E-state index contributed by atoms with van der Waals surface area (Å²) in [7, 11) is 3.63. The van der Waals surface area contributed by atoms with E-state index in [1.807, 2.05) is 63.5 Å². The molecule has 26 heavy (non-hydrogen) atoms. The molecule has 0 saturated carbocycles. The summed E-state index contributed by atoms with van der Waals surface area (Å²) in [5, 5.41) is 9.47. The number of anilines is 1. The highest BCUT2D eigenvalue weighted by Crippen LogP contribution is 2.32. The van der Waals surface area contributed by atoms with E-state index in [1.165, 1.54) is 0 Å². The summed E-state index contributed by atoms with van der Waals surface area (Å²) >= 11 is 0. The van der Waals surface area contributed by atoms with Gasteiger partial charge in [0.2, 0.25) is 5.91 Å². The Bertz CT molecular complexity index is 738. The smallest absolute Gasteiger partial charge is 0.246 e. The first-order valence-corrected chi connectivity index (χ1v) is 8.99. The van der Waals surface area contributed by atoms with Crippen LogP contribution in [0.15, 0.2) is 54.6 Å². The lowest BCUT2D eigenvalue weighted by Gasteiger charge is -2.46. The van der Waals surface area contributed by atoms with Gasteiger partial charge < -0.3 is 14.9 Å². The summed E-state index contributed by atoms with van der Waals surface area (Å²) in [6.07, 6.45) is 0. The second-order valence-corrected chi connectivity index (χ2v) is 7.13. The van der Waals surface area contributed by atoms with E-state index in [1.54, 1.807) is 17.0 Å². The van der Waals surface area contributed by atoms with Gasteiger partial charge in [-0.1, -0.05) is 30.3 Å². The van der Waals surface area contributed by atoms with Crippen molar-refractivity contribution in [1.82, 2.24) is 9.80 Å². The molecule has 1 amide bonds. The Morgan fingerprint density at radius 3 is 2.08 bits per heavy atom. The molecule has 0 aromatic heterocycles. The van der Waals surface area contributed by atoms with Crippen LogP contribution >= 0.6 is 0 Å². The highest BCUT2D eigenvalue weighted by molar-refractivity contribution is 5.87. The number of nitrogens with zero attached hydrogens (tertiary/aromatic N) is 3. The Labute approximate surface area is 155 Å². The molecule has 5 nitrogen and oxygen atoms in total. The number of benzene rings is 2. The Morgan fingerprint density at radius 1 is 0.962 bits per heavy atom. The van der Waals surface area contributed by atoms with Crippen LogP contribution in [0, 0.1) is 0 Å². The molecule has 0 bridgehead atoms. The predicted molar refractivity (Wildman–Crippen MR) is 104 cm³/mol. The highest BCUT2D eigenvalue weighted by Gasteiger charge is 2.43. The molecule has 1 heterocycles. The number of amides is 1. The van der Waals surface area contributed by atoms with Crippen molar-refractivity contribution in [3.63, 3.8) is 0 Å². The quantitative estimate of drug-likeness (QED) is 0.918.